The topological polar surface area (TPSA) is 78.8 Å². The van der Waals surface area contributed by atoms with Crippen LogP contribution >= 0.6 is 11.8 Å². The molecular formula is C13H18ClNO4. The molecule has 0 amide bonds. The number of benzene rings is 1. The molecule has 1 aromatic rings. The number of aromatic hydroxyl groups is 2. The van der Waals surface area contributed by atoms with Crippen molar-refractivity contribution >= 4 is 17.7 Å². The summed E-state index contributed by atoms with van der Waals surface area (Å²) < 4.78 is 5.06. The van der Waals surface area contributed by atoms with Crippen molar-refractivity contribution in [2.75, 3.05) is 6.61 Å². The number of hydrogen-bond donors (Lipinski definition) is 3. The Morgan fingerprint density at radius 1 is 1.42 bits per heavy atom. The smallest absolute Gasteiger partial charge is 0.324 e. The van der Waals surface area contributed by atoms with Crippen LogP contribution in [0.5, 0.6) is 11.5 Å². The first kappa shape index (κ1) is 15.6. The van der Waals surface area contributed by atoms with E-state index in [4.69, 9.17) is 16.5 Å². The normalized spacial score (nSPS) is 12.1. The lowest BCUT2D eigenvalue weighted by Crippen LogP contribution is -2.34. The number of carbonyl (C=O) groups excluding carboxylic acids is 1. The van der Waals surface area contributed by atoms with Gasteiger partial charge in [-0.25, -0.2) is 4.84 Å². The lowest BCUT2D eigenvalue weighted by atomic mass is 10.1. The van der Waals surface area contributed by atoms with E-state index in [1.165, 1.54) is 12.1 Å². The lowest BCUT2D eigenvalue weighted by molar-refractivity contribution is -0.145. The first-order valence-electron chi connectivity index (χ1n) is 6.12. The second-order valence-corrected chi connectivity index (χ2v) is 4.43. The van der Waals surface area contributed by atoms with Gasteiger partial charge in [-0.2, -0.15) is 0 Å². The average molecular weight is 288 g/mol. The first-order valence-corrected chi connectivity index (χ1v) is 6.50. The SMILES string of the molecule is CCCCOC(=O)[C@H](Cc1ccc(O)c(O)c1)NCl. The van der Waals surface area contributed by atoms with Crippen LogP contribution in [0, 0.1) is 0 Å². The minimum atomic E-state index is -0.692. The van der Waals surface area contributed by atoms with E-state index in [0.717, 1.165) is 12.8 Å². The number of phenolic OH excluding ortho intramolecular Hbond substituents is 2. The van der Waals surface area contributed by atoms with Crippen LogP contribution in [0.4, 0.5) is 0 Å². The Kier molecular flexibility index (Phi) is 6.45. The minimum Gasteiger partial charge on any atom is -0.504 e. The molecule has 0 heterocycles. The van der Waals surface area contributed by atoms with Crippen LogP contribution in [-0.4, -0.2) is 28.8 Å². The number of nitrogens with one attached hydrogen (secondary N) is 1. The molecule has 19 heavy (non-hydrogen) atoms. The van der Waals surface area contributed by atoms with Crippen LogP contribution in [0.25, 0.3) is 0 Å². The summed E-state index contributed by atoms with van der Waals surface area (Å²) >= 11 is 5.53. The fourth-order valence-electron chi connectivity index (χ4n) is 1.52. The molecule has 6 heteroatoms. The quantitative estimate of drug-likeness (QED) is 0.310. The molecule has 0 aromatic heterocycles. The van der Waals surface area contributed by atoms with Crippen LogP contribution in [0.15, 0.2) is 18.2 Å². The van der Waals surface area contributed by atoms with Gasteiger partial charge in [0.25, 0.3) is 0 Å². The Morgan fingerprint density at radius 3 is 2.74 bits per heavy atom. The van der Waals surface area contributed by atoms with Crippen molar-refractivity contribution in [3.8, 4) is 11.5 Å². The third kappa shape index (κ3) is 4.96. The van der Waals surface area contributed by atoms with Gasteiger partial charge in [0.15, 0.2) is 11.5 Å². The van der Waals surface area contributed by atoms with Gasteiger partial charge in [-0.1, -0.05) is 19.4 Å². The summed E-state index contributed by atoms with van der Waals surface area (Å²) in [5, 5.41) is 18.6. The zero-order chi connectivity index (χ0) is 14.3. The van der Waals surface area contributed by atoms with Crippen molar-refractivity contribution in [3.63, 3.8) is 0 Å². The fraction of sp³-hybridized carbons (Fsp3) is 0.462. The Balaban J connectivity index is 2.60. The summed E-state index contributed by atoms with van der Waals surface area (Å²) in [6.45, 7) is 2.37. The van der Waals surface area contributed by atoms with Crippen molar-refractivity contribution in [1.29, 1.82) is 0 Å². The molecule has 0 aliphatic heterocycles. The van der Waals surface area contributed by atoms with Gasteiger partial charge >= 0.3 is 5.97 Å². The van der Waals surface area contributed by atoms with E-state index in [1.54, 1.807) is 6.07 Å². The number of carbonyl (C=O) groups is 1. The van der Waals surface area contributed by atoms with E-state index >= 15 is 0 Å². The van der Waals surface area contributed by atoms with Crippen molar-refractivity contribution in [2.24, 2.45) is 0 Å². The van der Waals surface area contributed by atoms with Crippen molar-refractivity contribution < 1.29 is 19.7 Å². The number of esters is 1. The van der Waals surface area contributed by atoms with Gasteiger partial charge in [0.2, 0.25) is 0 Å². The molecule has 0 saturated heterocycles. The molecule has 0 spiro atoms. The molecule has 5 nitrogen and oxygen atoms in total. The molecule has 0 bridgehead atoms. The highest BCUT2D eigenvalue weighted by molar-refractivity contribution is 6.14. The second-order valence-electron chi connectivity index (χ2n) is 4.21. The number of halogens is 1. The van der Waals surface area contributed by atoms with Gasteiger partial charge in [-0.3, -0.25) is 4.79 Å². The van der Waals surface area contributed by atoms with Crippen LogP contribution in [-0.2, 0) is 16.0 Å². The highest BCUT2D eigenvalue weighted by Crippen LogP contribution is 2.25. The number of hydrogen-bond acceptors (Lipinski definition) is 5. The highest BCUT2D eigenvalue weighted by Gasteiger charge is 2.19. The Morgan fingerprint density at radius 2 is 2.16 bits per heavy atom. The Labute approximate surface area is 117 Å². The maximum absolute atomic E-state index is 11.7. The number of ether oxygens (including phenoxy) is 1. The molecule has 3 N–H and O–H groups in total. The lowest BCUT2D eigenvalue weighted by Gasteiger charge is -2.14. The summed E-state index contributed by atoms with van der Waals surface area (Å²) in [6, 6.07) is 3.66. The molecule has 0 aliphatic carbocycles. The van der Waals surface area contributed by atoms with E-state index in [1.807, 2.05) is 6.92 Å². The molecule has 0 saturated carbocycles. The third-order valence-electron chi connectivity index (χ3n) is 2.64. The summed E-state index contributed by atoms with van der Waals surface area (Å²) in [7, 11) is 0. The van der Waals surface area contributed by atoms with Crippen LogP contribution in [0.3, 0.4) is 0 Å². The van der Waals surface area contributed by atoms with Gasteiger partial charge < -0.3 is 14.9 Å². The van der Waals surface area contributed by atoms with Crippen molar-refractivity contribution in [3.05, 3.63) is 23.8 Å². The van der Waals surface area contributed by atoms with E-state index in [2.05, 4.69) is 4.84 Å². The standard InChI is InChI=1S/C13H18ClNO4/c1-2-3-6-19-13(18)10(15-14)7-9-4-5-11(16)12(17)8-9/h4-5,8,10,15-17H,2-3,6-7H2,1H3/t10-/m0/s1. The number of phenols is 2. The zero-order valence-corrected chi connectivity index (χ0v) is 11.5. The molecule has 106 valence electrons. The molecule has 1 rings (SSSR count). The predicted octanol–water partition coefficient (Wildman–Crippen LogP) is 2.10. The monoisotopic (exact) mass is 287 g/mol. The van der Waals surface area contributed by atoms with Gasteiger partial charge in [-0.15, -0.1) is 0 Å². The maximum Gasteiger partial charge on any atom is 0.324 e. The number of rotatable bonds is 7. The predicted molar refractivity (Wildman–Crippen MR) is 72.1 cm³/mol. The zero-order valence-electron chi connectivity index (χ0n) is 10.7. The van der Waals surface area contributed by atoms with Gasteiger partial charge in [0.1, 0.15) is 6.04 Å². The van der Waals surface area contributed by atoms with Crippen LogP contribution < -0.4 is 4.84 Å². The van der Waals surface area contributed by atoms with Gasteiger partial charge in [0, 0.05) is 0 Å². The van der Waals surface area contributed by atoms with Crippen LogP contribution in [0.2, 0.25) is 0 Å². The molecule has 0 aliphatic rings. The molecule has 0 radical (unpaired) electrons. The van der Waals surface area contributed by atoms with Crippen molar-refractivity contribution in [1.82, 2.24) is 4.84 Å². The van der Waals surface area contributed by atoms with E-state index in [9.17, 15) is 15.0 Å². The highest BCUT2D eigenvalue weighted by atomic mass is 35.5. The number of unbranched alkanes of at least 4 members (excludes halogenated alkanes) is 1. The summed E-state index contributed by atoms with van der Waals surface area (Å²) in [6.07, 6.45) is 2.02. The fourth-order valence-corrected chi connectivity index (χ4v) is 1.68. The molecule has 0 fully saturated rings. The Hall–Kier alpha value is -1.46. The maximum atomic E-state index is 11.7. The van der Waals surface area contributed by atoms with Gasteiger partial charge in [-0.05, 0) is 42.3 Å². The first-order chi connectivity index (χ1) is 9.08. The average Bonchev–Trinajstić information content (AvgIpc) is 2.40. The third-order valence-corrected chi connectivity index (χ3v) is 2.90. The van der Waals surface area contributed by atoms with Crippen LogP contribution in [0.1, 0.15) is 25.3 Å². The summed E-state index contributed by atoms with van der Waals surface area (Å²) in [5.74, 6) is -0.870. The summed E-state index contributed by atoms with van der Waals surface area (Å²) in [5.41, 5.74) is 0.667. The Bertz CT molecular complexity index is 425. The summed E-state index contributed by atoms with van der Waals surface area (Å²) in [4.78, 5) is 14.1. The molecule has 0 unspecified atom stereocenters. The molecular weight excluding hydrogens is 270 g/mol. The second kappa shape index (κ2) is 7.86. The largest absolute Gasteiger partial charge is 0.504 e. The molecule has 1 aromatic carbocycles. The minimum absolute atomic E-state index is 0.204. The van der Waals surface area contributed by atoms with Crippen molar-refractivity contribution in [2.45, 2.75) is 32.2 Å². The van der Waals surface area contributed by atoms with E-state index in [-0.39, 0.29) is 17.9 Å². The van der Waals surface area contributed by atoms with E-state index < -0.39 is 12.0 Å². The molecule has 1 atom stereocenters. The van der Waals surface area contributed by atoms with E-state index in [0.29, 0.717) is 12.2 Å². The van der Waals surface area contributed by atoms with Gasteiger partial charge in [0.05, 0.1) is 6.61 Å².